The third-order valence-corrected chi connectivity index (χ3v) is 3.15. The van der Waals surface area contributed by atoms with Crippen LogP contribution in [0.1, 0.15) is 5.56 Å². The standard InChI is InChI=1S/C10H7BrClN/c1-6-9(12)3-2-7-8(11)4-5-13-10(6)7/h2-5H,1H3. The number of rotatable bonds is 0. The van der Waals surface area contributed by atoms with Gasteiger partial charge in [-0.3, -0.25) is 4.98 Å². The molecule has 0 aliphatic carbocycles. The first kappa shape index (κ1) is 8.97. The summed E-state index contributed by atoms with van der Waals surface area (Å²) in [6.45, 7) is 1.98. The molecule has 0 amide bonds. The Labute approximate surface area is 89.9 Å². The summed E-state index contributed by atoms with van der Waals surface area (Å²) in [6.07, 6.45) is 1.77. The van der Waals surface area contributed by atoms with E-state index < -0.39 is 0 Å². The molecule has 2 rings (SSSR count). The van der Waals surface area contributed by atoms with Crippen molar-refractivity contribution >= 4 is 38.4 Å². The van der Waals surface area contributed by atoms with Crippen molar-refractivity contribution in [1.29, 1.82) is 0 Å². The highest BCUT2D eigenvalue weighted by molar-refractivity contribution is 9.10. The van der Waals surface area contributed by atoms with E-state index in [9.17, 15) is 0 Å². The van der Waals surface area contributed by atoms with Crippen LogP contribution in [0.2, 0.25) is 5.02 Å². The first-order chi connectivity index (χ1) is 6.20. The minimum absolute atomic E-state index is 0.762. The molecule has 2 aromatic rings. The van der Waals surface area contributed by atoms with Gasteiger partial charge >= 0.3 is 0 Å². The molecule has 0 radical (unpaired) electrons. The summed E-state index contributed by atoms with van der Waals surface area (Å²) < 4.78 is 1.05. The maximum absolute atomic E-state index is 5.98. The molecule has 0 atom stereocenters. The van der Waals surface area contributed by atoms with Crippen LogP contribution in [0, 0.1) is 6.92 Å². The van der Waals surface area contributed by atoms with Gasteiger partial charge < -0.3 is 0 Å². The van der Waals surface area contributed by atoms with Gasteiger partial charge in [-0.1, -0.05) is 33.6 Å². The Hall–Kier alpha value is -0.600. The number of hydrogen-bond acceptors (Lipinski definition) is 1. The molecular weight excluding hydrogens is 249 g/mol. The van der Waals surface area contributed by atoms with Crippen molar-refractivity contribution in [2.24, 2.45) is 0 Å². The van der Waals surface area contributed by atoms with E-state index >= 15 is 0 Å². The molecule has 0 saturated carbocycles. The lowest BCUT2D eigenvalue weighted by atomic mass is 10.1. The molecule has 0 aliphatic rings. The third-order valence-electron chi connectivity index (χ3n) is 2.05. The van der Waals surface area contributed by atoms with Crippen molar-refractivity contribution in [1.82, 2.24) is 4.98 Å². The van der Waals surface area contributed by atoms with Crippen LogP contribution < -0.4 is 0 Å². The number of pyridine rings is 1. The molecule has 0 N–H and O–H groups in total. The van der Waals surface area contributed by atoms with Crippen molar-refractivity contribution in [2.75, 3.05) is 0 Å². The van der Waals surface area contributed by atoms with E-state index in [-0.39, 0.29) is 0 Å². The lowest BCUT2D eigenvalue weighted by Crippen LogP contribution is -1.84. The highest BCUT2D eigenvalue weighted by atomic mass is 79.9. The maximum Gasteiger partial charge on any atom is 0.0757 e. The van der Waals surface area contributed by atoms with Crippen molar-refractivity contribution in [3.05, 3.63) is 39.5 Å². The molecule has 66 valence electrons. The van der Waals surface area contributed by atoms with Crippen LogP contribution in [0.15, 0.2) is 28.9 Å². The van der Waals surface area contributed by atoms with Crippen LogP contribution in [0.5, 0.6) is 0 Å². The maximum atomic E-state index is 5.98. The van der Waals surface area contributed by atoms with Crippen LogP contribution in [-0.4, -0.2) is 4.98 Å². The smallest absolute Gasteiger partial charge is 0.0757 e. The van der Waals surface area contributed by atoms with Crippen molar-refractivity contribution in [2.45, 2.75) is 6.92 Å². The molecule has 0 saturated heterocycles. The molecule has 3 heteroatoms. The molecule has 1 heterocycles. The second-order valence-corrected chi connectivity index (χ2v) is 4.12. The summed E-state index contributed by atoms with van der Waals surface area (Å²) in [6, 6.07) is 5.79. The minimum Gasteiger partial charge on any atom is -0.256 e. The van der Waals surface area contributed by atoms with Gasteiger partial charge in [0.2, 0.25) is 0 Å². The average Bonchev–Trinajstić information content (AvgIpc) is 2.12. The Kier molecular flexibility index (Phi) is 2.26. The Morgan fingerprint density at radius 3 is 2.85 bits per heavy atom. The van der Waals surface area contributed by atoms with Gasteiger partial charge in [-0.2, -0.15) is 0 Å². The van der Waals surface area contributed by atoms with Gasteiger partial charge in [-0.25, -0.2) is 0 Å². The first-order valence-electron chi connectivity index (χ1n) is 3.89. The molecular formula is C10H7BrClN. The minimum atomic E-state index is 0.762. The number of fused-ring (bicyclic) bond motifs is 1. The summed E-state index contributed by atoms with van der Waals surface area (Å²) in [5, 5.41) is 1.86. The Balaban J connectivity index is 2.94. The summed E-state index contributed by atoms with van der Waals surface area (Å²) in [5.41, 5.74) is 1.99. The van der Waals surface area contributed by atoms with E-state index in [0.717, 1.165) is 26.0 Å². The van der Waals surface area contributed by atoms with Gasteiger partial charge in [-0.15, -0.1) is 0 Å². The molecule has 1 nitrogen and oxygen atoms in total. The predicted molar refractivity (Wildman–Crippen MR) is 59.2 cm³/mol. The van der Waals surface area contributed by atoms with Gasteiger partial charge in [0.05, 0.1) is 5.52 Å². The van der Waals surface area contributed by atoms with Gasteiger partial charge in [-0.05, 0) is 24.6 Å². The second kappa shape index (κ2) is 3.28. The lowest BCUT2D eigenvalue weighted by Gasteiger charge is -2.04. The Bertz CT molecular complexity index is 468. The largest absolute Gasteiger partial charge is 0.256 e. The van der Waals surface area contributed by atoms with Crippen LogP contribution in [0.25, 0.3) is 10.9 Å². The van der Waals surface area contributed by atoms with E-state index in [1.54, 1.807) is 6.20 Å². The molecule has 0 fully saturated rings. The molecule has 0 bridgehead atoms. The monoisotopic (exact) mass is 255 g/mol. The number of aromatic nitrogens is 1. The number of benzene rings is 1. The van der Waals surface area contributed by atoms with Gasteiger partial charge in [0.1, 0.15) is 0 Å². The summed E-state index contributed by atoms with van der Waals surface area (Å²) in [7, 11) is 0. The topological polar surface area (TPSA) is 12.9 Å². The van der Waals surface area contributed by atoms with Crippen LogP contribution >= 0.6 is 27.5 Å². The Morgan fingerprint density at radius 1 is 1.31 bits per heavy atom. The van der Waals surface area contributed by atoms with Crippen LogP contribution in [0.3, 0.4) is 0 Å². The average molecular weight is 257 g/mol. The Morgan fingerprint density at radius 2 is 2.08 bits per heavy atom. The summed E-state index contributed by atoms with van der Waals surface area (Å²) in [4.78, 5) is 4.29. The highest BCUT2D eigenvalue weighted by Gasteiger charge is 2.04. The molecule has 0 aliphatic heterocycles. The molecule has 0 spiro atoms. The number of halogens is 2. The summed E-state index contributed by atoms with van der Waals surface area (Å²) in [5.74, 6) is 0. The van der Waals surface area contributed by atoms with E-state index in [0.29, 0.717) is 0 Å². The summed E-state index contributed by atoms with van der Waals surface area (Å²) >= 11 is 9.46. The third kappa shape index (κ3) is 1.45. The highest BCUT2D eigenvalue weighted by Crippen LogP contribution is 2.28. The van der Waals surface area contributed by atoms with E-state index in [2.05, 4.69) is 20.9 Å². The fourth-order valence-electron chi connectivity index (χ4n) is 1.30. The van der Waals surface area contributed by atoms with Gasteiger partial charge in [0, 0.05) is 21.1 Å². The van der Waals surface area contributed by atoms with Crippen molar-refractivity contribution in [3.8, 4) is 0 Å². The zero-order valence-corrected chi connectivity index (χ0v) is 9.35. The fourth-order valence-corrected chi connectivity index (χ4v) is 1.89. The number of hydrogen-bond donors (Lipinski definition) is 0. The first-order valence-corrected chi connectivity index (χ1v) is 5.06. The van der Waals surface area contributed by atoms with Gasteiger partial charge in [0.25, 0.3) is 0 Å². The van der Waals surface area contributed by atoms with E-state index in [4.69, 9.17) is 11.6 Å². The van der Waals surface area contributed by atoms with Crippen molar-refractivity contribution < 1.29 is 0 Å². The fraction of sp³-hybridized carbons (Fsp3) is 0.100. The molecule has 1 aromatic carbocycles. The number of nitrogens with zero attached hydrogens (tertiary/aromatic N) is 1. The van der Waals surface area contributed by atoms with Crippen molar-refractivity contribution in [3.63, 3.8) is 0 Å². The predicted octanol–water partition coefficient (Wildman–Crippen LogP) is 3.96. The lowest BCUT2D eigenvalue weighted by molar-refractivity contribution is 1.36. The molecule has 0 unspecified atom stereocenters. The molecule has 1 aromatic heterocycles. The van der Waals surface area contributed by atoms with Gasteiger partial charge in [0.15, 0.2) is 0 Å². The quantitative estimate of drug-likeness (QED) is 0.695. The number of aryl methyl sites for hydroxylation is 1. The van der Waals surface area contributed by atoms with E-state index in [1.807, 2.05) is 25.1 Å². The van der Waals surface area contributed by atoms with Crippen LogP contribution in [0.4, 0.5) is 0 Å². The second-order valence-electron chi connectivity index (χ2n) is 2.86. The zero-order valence-electron chi connectivity index (χ0n) is 7.01. The van der Waals surface area contributed by atoms with Crippen LogP contribution in [-0.2, 0) is 0 Å². The normalized spacial score (nSPS) is 10.7. The van der Waals surface area contributed by atoms with E-state index in [1.165, 1.54) is 0 Å². The molecule has 13 heavy (non-hydrogen) atoms. The zero-order chi connectivity index (χ0) is 9.42. The SMILES string of the molecule is Cc1c(Cl)ccc2c(Br)ccnc12.